The number of anilines is 1. The molecule has 0 radical (unpaired) electrons. The minimum atomic E-state index is -0.614. The quantitative estimate of drug-likeness (QED) is 0.559. The molecule has 1 N–H and O–H groups in total. The van der Waals surface area contributed by atoms with Crippen LogP contribution in [0.1, 0.15) is 36.7 Å². The zero-order chi connectivity index (χ0) is 18.4. The maximum absolute atomic E-state index is 12.1. The van der Waals surface area contributed by atoms with Crippen molar-refractivity contribution in [3.8, 4) is 0 Å². The largest absolute Gasteiger partial charge is 0.452 e. The number of esters is 1. The van der Waals surface area contributed by atoms with E-state index in [4.69, 9.17) is 9.15 Å². The minimum Gasteiger partial charge on any atom is -0.452 e. The van der Waals surface area contributed by atoms with E-state index in [9.17, 15) is 9.59 Å². The summed E-state index contributed by atoms with van der Waals surface area (Å²) in [7, 11) is 0. The van der Waals surface area contributed by atoms with Gasteiger partial charge in [-0.15, -0.1) is 0 Å². The fourth-order valence-corrected chi connectivity index (χ4v) is 2.59. The Kier molecular flexibility index (Phi) is 6.58. The van der Waals surface area contributed by atoms with E-state index in [0.717, 1.165) is 16.8 Å². The Balaban J connectivity index is 1.91. The zero-order valence-corrected chi connectivity index (χ0v) is 15.9. The average molecular weight is 406 g/mol. The maximum atomic E-state index is 12.1. The predicted octanol–water partition coefficient (Wildman–Crippen LogP) is 4.67. The summed E-state index contributed by atoms with van der Waals surface area (Å²) < 4.78 is 10.8. The van der Waals surface area contributed by atoms with Crippen LogP contribution in [0.5, 0.6) is 0 Å². The molecule has 2 rings (SSSR count). The van der Waals surface area contributed by atoms with E-state index in [0.29, 0.717) is 10.4 Å². The molecular formula is C19H20BrNO4. The lowest BCUT2D eigenvalue weighted by Crippen LogP contribution is -2.21. The van der Waals surface area contributed by atoms with Gasteiger partial charge in [-0.3, -0.25) is 4.79 Å². The predicted molar refractivity (Wildman–Crippen MR) is 100 cm³/mol. The molecule has 1 aromatic heterocycles. The molecule has 0 saturated heterocycles. The number of carbonyl (C=O) groups is 2. The summed E-state index contributed by atoms with van der Waals surface area (Å²) in [6, 6.07) is 9.28. The molecule has 0 aliphatic heterocycles. The third-order valence-electron chi connectivity index (χ3n) is 3.51. The highest BCUT2D eigenvalue weighted by Gasteiger charge is 2.13. The van der Waals surface area contributed by atoms with Gasteiger partial charge in [-0.25, -0.2) is 4.79 Å². The molecule has 0 saturated carbocycles. The highest BCUT2D eigenvalue weighted by Crippen LogP contribution is 2.27. The number of ether oxygens (including phenoxy) is 1. The number of halogens is 1. The molecule has 1 heterocycles. The van der Waals surface area contributed by atoms with E-state index in [2.05, 4.69) is 35.1 Å². The van der Waals surface area contributed by atoms with Crippen molar-refractivity contribution < 1.29 is 18.7 Å². The number of benzene rings is 1. The van der Waals surface area contributed by atoms with Gasteiger partial charge in [-0.05, 0) is 58.1 Å². The number of nitrogens with one attached hydrogen (secondary N) is 1. The van der Waals surface area contributed by atoms with Crippen LogP contribution in [-0.2, 0) is 14.3 Å². The summed E-state index contributed by atoms with van der Waals surface area (Å²) in [5, 5.41) is 2.83. The topological polar surface area (TPSA) is 68.5 Å². The molecule has 1 aromatic carbocycles. The number of rotatable bonds is 6. The molecule has 6 heteroatoms. The summed E-state index contributed by atoms with van der Waals surface area (Å²) in [5.41, 5.74) is 2.78. The Labute approximate surface area is 155 Å². The Morgan fingerprint density at radius 2 is 2.04 bits per heavy atom. The van der Waals surface area contributed by atoms with E-state index in [1.807, 2.05) is 25.1 Å². The van der Waals surface area contributed by atoms with Crippen LogP contribution < -0.4 is 5.32 Å². The van der Waals surface area contributed by atoms with Crippen LogP contribution in [0.2, 0.25) is 0 Å². The van der Waals surface area contributed by atoms with Crippen molar-refractivity contribution >= 4 is 39.6 Å². The number of aryl methyl sites for hydroxylation is 1. The van der Waals surface area contributed by atoms with Gasteiger partial charge in [-0.2, -0.15) is 0 Å². The van der Waals surface area contributed by atoms with Gasteiger partial charge in [-0.1, -0.05) is 32.0 Å². The second-order valence-corrected chi connectivity index (χ2v) is 6.61. The van der Waals surface area contributed by atoms with Crippen LogP contribution in [0, 0.1) is 6.92 Å². The minimum absolute atomic E-state index is 0.272. The standard InChI is InChI=1S/C19H20BrNO4/c1-12(2)15-6-4-5-13(3)19(15)21-17(22)11-24-18(23)10-8-14-7-9-16(20)25-14/h4-10,12H,11H2,1-3H3,(H,21,22). The van der Waals surface area contributed by atoms with Crippen LogP contribution in [0.4, 0.5) is 5.69 Å². The monoisotopic (exact) mass is 405 g/mol. The lowest BCUT2D eigenvalue weighted by atomic mass is 9.98. The maximum Gasteiger partial charge on any atom is 0.331 e. The summed E-state index contributed by atoms with van der Waals surface area (Å²) in [6.45, 7) is 5.69. The van der Waals surface area contributed by atoms with E-state index in [1.165, 1.54) is 12.2 Å². The number of hydrogen-bond acceptors (Lipinski definition) is 4. The summed E-state index contributed by atoms with van der Waals surface area (Å²) in [5.74, 6) is -0.210. The van der Waals surface area contributed by atoms with E-state index in [1.54, 1.807) is 12.1 Å². The van der Waals surface area contributed by atoms with Gasteiger partial charge in [0.15, 0.2) is 11.3 Å². The molecule has 0 unspecified atom stereocenters. The number of amides is 1. The fraction of sp³-hybridized carbons (Fsp3) is 0.263. The summed E-state index contributed by atoms with van der Waals surface area (Å²) in [4.78, 5) is 23.8. The Morgan fingerprint density at radius 1 is 1.28 bits per heavy atom. The van der Waals surface area contributed by atoms with Crippen molar-refractivity contribution in [3.63, 3.8) is 0 Å². The Bertz CT molecular complexity index is 792. The molecule has 0 bridgehead atoms. The molecule has 1 amide bonds. The van der Waals surface area contributed by atoms with Gasteiger partial charge in [0.25, 0.3) is 5.91 Å². The van der Waals surface area contributed by atoms with Gasteiger partial charge in [0, 0.05) is 11.8 Å². The van der Waals surface area contributed by atoms with E-state index < -0.39 is 5.97 Å². The highest BCUT2D eigenvalue weighted by molar-refractivity contribution is 9.10. The SMILES string of the molecule is Cc1cccc(C(C)C)c1NC(=O)COC(=O)C=Cc1ccc(Br)o1. The number of furan rings is 1. The van der Waals surface area contributed by atoms with Crippen molar-refractivity contribution in [1.29, 1.82) is 0 Å². The van der Waals surface area contributed by atoms with Gasteiger partial charge in [0.2, 0.25) is 0 Å². The van der Waals surface area contributed by atoms with Crippen molar-refractivity contribution in [2.45, 2.75) is 26.7 Å². The molecule has 132 valence electrons. The van der Waals surface area contributed by atoms with Gasteiger partial charge in [0.1, 0.15) is 5.76 Å². The van der Waals surface area contributed by atoms with Crippen LogP contribution >= 0.6 is 15.9 Å². The van der Waals surface area contributed by atoms with Crippen molar-refractivity contribution in [2.75, 3.05) is 11.9 Å². The van der Waals surface area contributed by atoms with Gasteiger partial charge in [0.05, 0.1) is 0 Å². The second-order valence-electron chi connectivity index (χ2n) is 5.82. The van der Waals surface area contributed by atoms with Gasteiger partial charge >= 0.3 is 5.97 Å². The van der Waals surface area contributed by atoms with Crippen molar-refractivity contribution in [3.05, 3.63) is 58.0 Å². The second kappa shape index (κ2) is 8.67. The van der Waals surface area contributed by atoms with Crippen LogP contribution in [0.15, 0.2) is 45.5 Å². The number of carbonyl (C=O) groups excluding carboxylic acids is 2. The summed E-state index contributed by atoms with van der Waals surface area (Å²) >= 11 is 3.17. The first-order valence-electron chi connectivity index (χ1n) is 7.86. The van der Waals surface area contributed by atoms with E-state index >= 15 is 0 Å². The molecule has 0 fully saturated rings. The zero-order valence-electron chi connectivity index (χ0n) is 14.3. The van der Waals surface area contributed by atoms with Crippen LogP contribution in [0.25, 0.3) is 6.08 Å². The third kappa shape index (κ3) is 5.60. The highest BCUT2D eigenvalue weighted by atomic mass is 79.9. The number of para-hydroxylation sites is 1. The average Bonchev–Trinajstić information content (AvgIpc) is 2.98. The molecule has 0 atom stereocenters. The molecule has 2 aromatic rings. The normalized spacial score (nSPS) is 11.1. The Morgan fingerprint density at radius 3 is 2.68 bits per heavy atom. The fourth-order valence-electron chi connectivity index (χ4n) is 2.27. The van der Waals surface area contributed by atoms with Crippen LogP contribution in [0.3, 0.4) is 0 Å². The smallest absolute Gasteiger partial charge is 0.331 e. The molecule has 25 heavy (non-hydrogen) atoms. The molecule has 5 nitrogen and oxygen atoms in total. The number of hydrogen-bond donors (Lipinski definition) is 1. The van der Waals surface area contributed by atoms with E-state index in [-0.39, 0.29) is 18.4 Å². The molecule has 0 aliphatic rings. The lowest BCUT2D eigenvalue weighted by Gasteiger charge is -2.16. The molecule has 0 spiro atoms. The first-order chi connectivity index (χ1) is 11.9. The third-order valence-corrected chi connectivity index (χ3v) is 3.94. The molecular weight excluding hydrogens is 386 g/mol. The Hall–Kier alpha value is -2.34. The van der Waals surface area contributed by atoms with Crippen LogP contribution in [-0.4, -0.2) is 18.5 Å². The first kappa shape index (κ1) is 19.0. The van der Waals surface area contributed by atoms with Crippen molar-refractivity contribution in [2.24, 2.45) is 0 Å². The summed E-state index contributed by atoms with van der Waals surface area (Å²) in [6.07, 6.45) is 2.69. The van der Waals surface area contributed by atoms with Crippen molar-refractivity contribution in [1.82, 2.24) is 0 Å². The first-order valence-corrected chi connectivity index (χ1v) is 8.65. The molecule has 0 aliphatic carbocycles. The van der Waals surface area contributed by atoms with Gasteiger partial charge < -0.3 is 14.5 Å². The lowest BCUT2D eigenvalue weighted by molar-refractivity contribution is -0.142.